The number of hydrogen-bond donors (Lipinski definition) is 4. The summed E-state index contributed by atoms with van der Waals surface area (Å²) in [4.78, 5) is 23.2. The first-order valence-corrected chi connectivity index (χ1v) is 6.25. The van der Waals surface area contributed by atoms with Crippen LogP contribution in [0.1, 0.15) is 12.0 Å². The van der Waals surface area contributed by atoms with Gasteiger partial charge in [-0.25, -0.2) is 4.98 Å². The van der Waals surface area contributed by atoms with Gasteiger partial charge in [-0.15, -0.1) is 0 Å². The number of likely N-dealkylation sites (tertiary alicyclic amines) is 1. The minimum absolute atomic E-state index is 0.0732. The van der Waals surface area contributed by atoms with Gasteiger partial charge in [0.15, 0.2) is 0 Å². The van der Waals surface area contributed by atoms with Gasteiger partial charge in [0.25, 0.3) is 5.56 Å². The summed E-state index contributed by atoms with van der Waals surface area (Å²) >= 11 is 0. The first kappa shape index (κ1) is 12.3. The maximum Gasteiger partial charge on any atom is 0.275 e. The molecule has 0 bridgehead atoms. The van der Waals surface area contributed by atoms with Crippen molar-refractivity contribution in [3.8, 4) is 0 Å². The molecule has 19 heavy (non-hydrogen) atoms. The van der Waals surface area contributed by atoms with Gasteiger partial charge < -0.3 is 20.2 Å². The quantitative estimate of drug-likeness (QED) is 0.577. The van der Waals surface area contributed by atoms with Crippen LogP contribution in [0.25, 0.3) is 11.0 Å². The molecule has 2 aromatic heterocycles. The molecule has 1 saturated heterocycles. The highest BCUT2D eigenvalue weighted by Gasteiger charge is 2.37. The summed E-state index contributed by atoms with van der Waals surface area (Å²) in [5, 5.41) is 18.5. The zero-order chi connectivity index (χ0) is 13.4. The molecule has 102 valence electrons. The van der Waals surface area contributed by atoms with E-state index in [1.165, 1.54) is 6.33 Å². The molecule has 0 radical (unpaired) electrons. The number of H-pyrrole nitrogens is 2. The number of hydrogen-bond acceptors (Lipinski definition) is 5. The van der Waals surface area contributed by atoms with Gasteiger partial charge in [0, 0.05) is 30.4 Å². The van der Waals surface area contributed by atoms with Crippen LogP contribution in [-0.4, -0.2) is 55.4 Å². The fourth-order valence-corrected chi connectivity index (χ4v) is 2.68. The van der Waals surface area contributed by atoms with Crippen LogP contribution in [0.4, 0.5) is 0 Å². The van der Waals surface area contributed by atoms with Gasteiger partial charge in [0.2, 0.25) is 0 Å². The van der Waals surface area contributed by atoms with Crippen molar-refractivity contribution in [3.05, 3.63) is 28.4 Å². The molecule has 0 spiro atoms. The van der Waals surface area contributed by atoms with Gasteiger partial charge in [-0.3, -0.25) is 9.69 Å². The number of nitrogens with zero attached hydrogens (tertiary/aromatic N) is 2. The number of fused-ring (bicyclic) bond motifs is 1. The molecule has 0 aromatic carbocycles. The maximum absolute atomic E-state index is 11.6. The van der Waals surface area contributed by atoms with E-state index in [-0.39, 0.29) is 30.9 Å². The summed E-state index contributed by atoms with van der Waals surface area (Å²) in [5.41, 5.74) is 1.80. The molecule has 7 nitrogen and oxygen atoms in total. The fraction of sp³-hybridized carbons (Fsp3) is 0.500. The molecular weight excluding hydrogens is 248 g/mol. The molecule has 1 aliphatic heterocycles. The normalized spacial score (nSPS) is 23.7. The SMILES string of the molecule is O=c1[nH]cnc2c(CN3[C@H](CO)C[C@H]3CO)c[nH]c12. The second kappa shape index (κ2) is 4.76. The molecule has 2 atom stereocenters. The fourth-order valence-electron chi connectivity index (χ4n) is 2.68. The minimum atomic E-state index is -0.197. The molecule has 0 unspecified atom stereocenters. The predicted octanol–water partition coefficient (Wildman–Crippen LogP) is -0.821. The number of rotatable bonds is 4. The average Bonchev–Trinajstić information content (AvgIpc) is 2.80. The Bertz CT molecular complexity index is 625. The summed E-state index contributed by atoms with van der Waals surface area (Å²) in [6.45, 7) is 0.715. The summed E-state index contributed by atoms with van der Waals surface area (Å²) in [7, 11) is 0. The van der Waals surface area contributed by atoms with Crippen LogP contribution >= 0.6 is 0 Å². The van der Waals surface area contributed by atoms with E-state index in [9.17, 15) is 15.0 Å². The van der Waals surface area contributed by atoms with Crippen molar-refractivity contribution >= 4 is 11.0 Å². The Morgan fingerprint density at radius 2 is 2.05 bits per heavy atom. The lowest BCUT2D eigenvalue weighted by molar-refractivity contribution is -0.0472. The number of aliphatic hydroxyl groups excluding tert-OH is 2. The van der Waals surface area contributed by atoms with Crippen LogP contribution in [0.5, 0.6) is 0 Å². The summed E-state index contributed by atoms with van der Waals surface area (Å²) < 4.78 is 0. The van der Waals surface area contributed by atoms with Gasteiger partial charge in [-0.05, 0) is 6.42 Å². The average molecular weight is 264 g/mol. The van der Waals surface area contributed by atoms with Crippen molar-refractivity contribution in [2.75, 3.05) is 13.2 Å². The van der Waals surface area contributed by atoms with E-state index in [1.54, 1.807) is 6.20 Å². The summed E-state index contributed by atoms with van der Waals surface area (Å²) in [6.07, 6.45) is 3.93. The Labute approximate surface area is 108 Å². The highest BCUT2D eigenvalue weighted by Crippen LogP contribution is 2.28. The summed E-state index contributed by atoms with van der Waals surface area (Å²) in [6, 6.07) is 0.146. The third-order valence-electron chi connectivity index (χ3n) is 3.80. The molecule has 2 aromatic rings. The topological polar surface area (TPSA) is 105 Å². The first-order valence-electron chi connectivity index (χ1n) is 6.25. The van der Waals surface area contributed by atoms with Gasteiger partial charge in [0.1, 0.15) is 5.52 Å². The largest absolute Gasteiger partial charge is 0.395 e. The smallest absolute Gasteiger partial charge is 0.275 e. The highest BCUT2D eigenvalue weighted by atomic mass is 16.3. The van der Waals surface area contributed by atoms with Crippen molar-refractivity contribution in [1.29, 1.82) is 0 Å². The van der Waals surface area contributed by atoms with Crippen molar-refractivity contribution in [1.82, 2.24) is 19.9 Å². The summed E-state index contributed by atoms with van der Waals surface area (Å²) in [5.74, 6) is 0. The van der Waals surface area contributed by atoms with Crippen LogP contribution in [0.2, 0.25) is 0 Å². The highest BCUT2D eigenvalue weighted by molar-refractivity contribution is 5.77. The zero-order valence-corrected chi connectivity index (χ0v) is 10.3. The zero-order valence-electron chi connectivity index (χ0n) is 10.3. The number of aromatic amines is 2. The van der Waals surface area contributed by atoms with Gasteiger partial charge in [-0.2, -0.15) is 0 Å². The van der Waals surface area contributed by atoms with Crippen molar-refractivity contribution in [3.63, 3.8) is 0 Å². The molecular formula is C12H16N4O3. The lowest BCUT2D eigenvalue weighted by Gasteiger charge is -2.47. The molecule has 4 N–H and O–H groups in total. The van der Waals surface area contributed by atoms with Crippen LogP contribution < -0.4 is 5.56 Å². The van der Waals surface area contributed by atoms with Crippen molar-refractivity contribution < 1.29 is 10.2 Å². The first-order chi connectivity index (χ1) is 9.24. The van der Waals surface area contributed by atoms with E-state index in [0.717, 1.165) is 12.0 Å². The Balaban J connectivity index is 1.89. The second-order valence-corrected chi connectivity index (χ2v) is 4.85. The lowest BCUT2D eigenvalue weighted by Crippen LogP contribution is -2.58. The maximum atomic E-state index is 11.6. The van der Waals surface area contributed by atoms with Gasteiger partial charge >= 0.3 is 0 Å². The van der Waals surface area contributed by atoms with E-state index < -0.39 is 0 Å². The Morgan fingerprint density at radius 1 is 1.32 bits per heavy atom. The van der Waals surface area contributed by atoms with E-state index in [0.29, 0.717) is 17.6 Å². The molecule has 7 heteroatoms. The Hall–Kier alpha value is -1.70. The second-order valence-electron chi connectivity index (χ2n) is 4.85. The van der Waals surface area contributed by atoms with Crippen LogP contribution in [0, 0.1) is 0 Å². The number of nitrogens with one attached hydrogen (secondary N) is 2. The van der Waals surface area contributed by atoms with E-state index in [4.69, 9.17) is 0 Å². The molecule has 0 saturated carbocycles. The number of aromatic nitrogens is 3. The molecule has 3 heterocycles. The van der Waals surface area contributed by atoms with Gasteiger partial charge in [-0.1, -0.05) is 0 Å². The molecule has 0 amide bonds. The van der Waals surface area contributed by atoms with Crippen molar-refractivity contribution in [2.45, 2.75) is 25.0 Å². The molecule has 1 fully saturated rings. The molecule has 3 rings (SSSR count). The van der Waals surface area contributed by atoms with Gasteiger partial charge in [0.05, 0.1) is 25.1 Å². The molecule has 1 aliphatic rings. The van der Waals surface area contributed by atoms with E-state index in [2.05, 4.69) is 15.0 Å². The van der Waals surface area contributed by atoms with E-state index in [1.807, 2.05) is 4.90 Å². The van der Waals surface area contributed by atoms with Crippen LogP contribution in [0.15, 0.2) is 17.3 Å². The molecule has 0 aliphatic carbocycles. The lowest BCUT2D eigenvalue weighted by atomic mass is 9.93. The van der Waals surface area contributed by atoms with E-state index >= 15 is 0 Å². The Kier molecular flexibility index (Phi) is 3.09. The minimum Gasteiger partial charge on any atom is -0.395 e. The number of aliphatic hydroxyl groups is 2. The Morgan fingerprint density at radius 3 is 2.74 bits per heavy atom. The van der Waals surface area contributed by atoms with Crippen LogP contribution in [-0.2, 0) is 6.54 Å². The predicted molar refractivity (Wildman–Crippen MR) is 68.6 cm³/mol. The monoisotopic (exact) mass is 264 g/mol. The third-order valence-corrected chi connectivity index (χ3v) is 3.80. The third kappa shape index (κ3) is 1.95. The standard InChI is InChI=1S/C12H16N4O3/c17-4-8-1-9(5-18)16(8)3-7-2-13-11-10(7)14-6-15-12(11)19/h2,6,8-9,13,17-18H,1,3-5H2,(H,14,15,19)/t8-,9-/m0/s1. The van der Waals surface area contributed by atoms with Crippen molar-refractivity contribution in [2.24, 2.45) is 0 Å². The van der Waals surface area contributed by atoms with Crippen LogP contribution in [0.3, 0.4) is 0 Å².